The number of likely N-dealkylation sites (tertiary alicyclic amines) is 1. The fourth-order valence-corrected chi connectivity index (χ4v) is 4.61. The Hall–Kier alpha value is -2.76. The number of piperidine rings is 1. The second kappa shape index (κ2) is 8.31. The molecule has 1 aliphatic heterocycles. The van der Waals surface area contributed by atoms with Crippen molar-refractivity contribution in [2.75, 3.05) is 11.9 Å². The smallest absolute Gasteiger partial charge is 0.258 e. The van der Waals surface area contributed by atoms with E-state index in [1.54, 1.807) is 24.3 Å². The van der Waals surface area contributed by atoms with Gasteiger partial charge < -0.3 is 10.2 Å². The number of nitrogens with one attached hydrogen (secondary N) is 1. The van der Waals surface area contributed by atoms with E-state index in [2.05, 4.69) is 5.32 Å². The summed E-state index contributed by atoms with van der Waals surface area (Å²) in [6, 6.07) is 9.80. The van der Waals surface area contributed by atoms with E-state index in [-0.39, 0.29) is 11.5 Å². The maximum absolute atomic E-state index is 13.8. The summed E-state index contributed by atoms with van der Waals surface area (Å²) in [6.45, 7) is 0.794. The van der Waals surface area contributed by atoms with Crippen LogP contribution in [0, 0.1) is 17.6 Å². The zero-order chi connectivity index (χ0) is 20.4. The molecule has 0 radical (unpaired) electrons. The summed E-state index contributed by atoms with van der Waals surface area (Å²) in [5, 5.41) is 2.58. The number of rotatable bonds is 3. The van der Waals surface area contributed by atoms with Crippen molar-refractivity contribution in [2.24, 2.45) is 5.92 Å². The van der Waals surface area contributed by atoms with Crippen molar-refractivity contribution in [1.82, 2.24) is 4.90 Å². The summed E-state index contributed by atoms with van der Waals surface area (Å²) < 4.78 is 26.8. The number of carbonyl (C=O) groups is 2. The van der Waals surface area contributed by atoms with Crippen LogP contribution in [0.15, 0.2) is 42.5 Å². The van der Waals surface area contributed by atoms with Crippen molar-refractivity contribution >= 4 is 17.5 Å². The Bertz CT molecular complexity index is 912. The zero-order valence-corrected chi connectivity index (χ0v) is 16.2. The van der Waals surface area contributed by atoms with Crippen LogP contribution in [0.1, 0.15) is 59.2 Å². The Labute approximate surface area is 168 Å². The van der Waals surface area contributed by atoms with Crippen LogP contribution >= 0.6 is 0 Å². The standard InChI is InChI=1S/C23H24F2N2O2/c24-17-9-12-19(20(25)14-17)22(28)26-18-10-7-16(8-11-18)23(29)27-13-3-5-15-4-1-2-6-21(15)27/h7-12,14-15,21H,1-6,13H2,(H,26,28)/t15-,21+/m1/s1. The van der Waals surface area contributed by atoms with Gasteiger partial charge in [-0.15, -0.1) is 0 Å². The minimum Gasteiger partial charge on any atom is -0.335 e. The van der Waals surface area contributed by atoms with E-state index >= 15 is 0 Å². The van der Waals surface area contributed by atoms with Crippen molar-refractivity contribution < 1.29 is 18.4 Å². The molecule has 1 saturated heterocycles. The summed E-state index contributed by atoms with van der Waals surface area (Å²) in [4.78, 5) is 27.3. The molecule has 2 amide bonds. The van der Waals surface area contributed by atoms with Gasteiger partial charge in [0.2, 0.25) is 0 Å². The lowest BCUT2D eigenvalue weighted by Crippen LogP contribution is -2.49. The van der Waals surface area contributed by atoms with Crippen LogP contribution in [0.3, 0.4) is 0 Å². The molecule has 29 heavy (non-hydrogen) atoms. The van der Waals surface area contributed by atoms with Crippen molar-refractivity contribution in [3.05, 3.63) is 65.2 Å². The fraction of sp³-hybridized carbons (Fsp3) is 0.391. The lowest BCUT2D eigenvalue weighted by Gasteiger charge is -2.44. The molecule has 1 aliphatic carbocycles. The molecule has 2 aromatic rings. The highest BCUT2D eigenvalue weighted by atomic mass is 19.1. The van der Waals surface area contributed by atoms with Gasteiger partial charge in [0.05, 0.1) is 5.56 Å². The van der Waals surface area contributed by atoms with Crippen LogP contribution < -0.4 is 5.32 Å². The normalized spacial score (nSPS) is 21.4. The molecule has 2 atom stereocenters. The van der Waals surface area contributed by atoms with Gasteiger partial charge in [-0.2, -0.15) is 0 Å². The molecule has 2 fully saturated rings. The van der Waals surface area contributed by atoms with Crippen molar-refractivity contribution in [3.63, 3.8) is 0 Å². The minimum atomic E-state index is -0.915. The summed E-state index contributed by atoms with van der Waals surface area (Å²) in [5.74, 6) is -1.67. The lowest BCUT2D eigenvalue weighted by molar-refractivity contribution is 0.0390. The highest BCUT2D eigenvalue weighted by Crippen LogP contribution is 2.36. The molecule has 1 saturated carbocycles. The van der Waals surface area contributed by atoms with E-state index in [1.165, 1.54) is 25.7 Å². The maximum atomic E-state index is 13.8. The fourth-order valence-electron chi connectivity index (χ4n) is 4.61. The largest absolute Gasteiger partial charge is 0.335 e. The van der Waals surface area contributed by atoms with Gasteiger partial charge in [0, 0.05) is 29.9 Å². The van der Waals surface area contributed by atoms with E-state index in [0.717, 1.165) is 31.5 Å². The Kier molecular flexibility index (Phi) is 5.60. The number of anilines is 1. The van der Waals surface area contributed by atoms with Crippen LogP contribution in [-0.4, -0.2) is 29.3 Å². The van der Waals surface area contributed by atoms with E-state index < -0.39 is 17.5 Å². The average Bonchev–Trinajstić information content (AvgIpc) is 2.73. The number of fused-ring (bicyclic) bond motifs is 1. The minimum absolute atomic E-state index is 0.0315. The summed E-state index contributed by atoms with van der Waals surface area (Å²) in [5.41, 5.74) is 0.801. The molecule has 0 unspecified atom stereocenters. The van der Waals surface area contributed by atoms with Gasteiger partial charge in [-0.3, -0.25) is 9.59 Å². The first-order valence-corrected chi connectivity index (χ1v) is 10.2. The predicted molar refractivity (Wildman–Crippen MR) is 107 cm³/mol. The second-order valence-electron chi connectivity index (χ2n) is 7.91. The number of carbonyl (C=O) groups excluding carboxylic acids is 2. The number of hydrogen-bond acceptors (Lipinski definition) is 2. The number of halogens is 2. The molecule has 4 nitrogen and oxygen atoms in total. The highest BCUT2D eigenvalue weighted by Gasteiger charge is 2.35. The number of hydrogen-bond donors (Lipinski definition) is 1. The first-order valence-electron chi connectivity index (χ1n) is 10.2. The van der Waals surface area contributed by atoms with Gasteiger partial charge in [-0.05, 0) is 68.0 Å². The quantitative estimate of drug-likeness (QED) is 0.790. The zero-order valence-electron chi connectivity index (χ0n) is 16.2. The van der Waals surface area contributed by atoms with Gasteiger partial charge in [0.25, 0.3) is 11.8 Å². The predicted octanol–water partition coefficient (Wildman–Crippen LogP) is 5.01. The molecule has 1 heterocycles. The third kappa shape index (κ3) is 4.16. The highest BCUT2D eigenvalue weighted by molar-refractivity contribution is 6.04. The first kappa shape index (κ1) is 19.6. The van der Waals surface area contributed by atoms with Gasteiger partial charge in [-0.1, -0.05) is 12.8 Å². The Morgan fingerprint density at radius 2 is 1.66 bits per heavy atom. The van der Waals surface area contributed by atoms with Crippen molar-refractivity contribution in [2.45, 2.75) is 44.6 Å². The monoisotopic (exact) mass is 398 g/mol. The molecule has 2 aliphatic rings. The van der Waals surface area contributed by atoms with Crippen LogP contribution in [0.2, 0.25) is 0 Å². The Morgan fingerprint density at radius 1 is 0.931 bits per heavy atom. The molecule has 0 bridgehead atoms. The molecule has 4 rings (SSSR count). The number of benzene rings is 2. The number of nitrogens with zero attached hydrogens (tertiary/aromatic N) is 1. The van der Waals surface area contributed by atoms with Gasteiger partial charge in [0.1, 0.15) is 11.6 Å². The molecular formula is C23H24F2N2O2. The average molecular weight is 398 g/mol. The van der Waals surface area contributed by atoms with Crippen LogP contribution in [0.25, 0.3) is 0 Å². The summed E-state index contributed by atoms with van der Waals surface area (Å²) in [7, 11) is 0. The third-order valence-electron chi connectivity index (χ3n) is 6.07. The molecule has 0 spiro atoms. The van der Waals surface area contributed by atoms with Gasteiger partial charge in [0.15, 0.2) is 0 Å². The Balaban J connectivity index is 1.44. The maximum Gasteiger partial charge on any atom is 0.258 e. The summed E-state index contributed by atoms with van der Waals surface area (Å²) >= 11 is 0. The van der Waals surface area contributed by atoms with E-state index in [9.17, 15) is 18.4 Å². The van der Waals surface area contributed by atoms with Crippen molar-refractivity contribution in [1.29, 1.82) is 0 Å². The van der Waals surface area contributed by atoms with Crippen LogP contribution in [-0.2, 0) is 0 Å². The molecule has 2 aromatic carbocycles. The summed E-state index contributed by atoms with van der Waals surface area (Å²) in [6.07, 6.45) is 6.97. The molecular weight excluding hydrogens is 374 g/mol. The van der Waals surface area contributed by atoms with Gasteiger partial charge >= 0.3 is 0 Å². The lowest BCUT2D eigenvalue weighted by atomic mass is 9.78. The molecule has 1 N–H and O–H groups in total. The Morgan fingerprint density at radius 3 is 2.41 bits per heavy atom. The molecule has 0 aromatic heterocycles. The van der Waals surface area contributed by atoms with Crippen LogP contribution in [0.4, 0.5) is 14.5 Å². The van der Waals surface area contributed by atoms with Gasteiger partial charge in [-0.25, -0.2) is 8.78 Å². The van der Waals surface area contributed by atoms with E-state index in [0.29, 0.717) is 29.3 Å². The number of amides is 2. The topological polar surface area (TPSA) is 49.4 Å². The first-order chi connectivity index (χ1) is 14.0. The van der Waals surface area contributed by atoms with E-state index in [1.807, 2.05) is 4.90 Å². The second-order valence-corrected chi connectivity index (χ2v) is 7.91. The third-order valence-corrected chi connectivity index (χ3v) is 6.07. The SMILES string of the molecule is O=C(Nc1ccc(C(=O)N2CCC[C@H]3CCCC[C@@H]32)cc1)c1ccc(F)cc1F. The van der Waals surface area contributed by atoms with Crippen molar-refractivity contribution in [3.8, 4) is 0 Å². The van der Waals surface area contributed by atoms with E-state index in [4.69, 9.17) is 0 Å². The molecule has 6 heteroatoms. The molecule has 152 valence electrons. The van der Waals surface area contributed by atoms with Crippen LogP contribution in [0.5, 0.6) is 0 Å².